The molecule has 30 heavy (non-hydrogen) atoms. The van der Waals surface area contributed by atoms with Crippen molar-refractivity contribution >= 4 is 53.4 Å². The summed E-state index contributed by atoms with van der Waals surface area (Å²) in [6.45, 7) is 1.52. The molecule has 1 heterocycles. The summed E-state index contributed by atoms with van der Waals surface area (Å²) in [6.07, 6.45) is 0. The van der Waals surface area contributed by atoms with Crippen LogP contribution in [-0.4, -0.2) is 172 Å². The maximum absolute atomic E-state index is 11.1. The molecule has 1 rings (SSSR count). The van der Waals surface area contributed by atoms with Crippen molar-refractivity contribution in [2.24, 2.45) is 0 Å². The first-order valence-corrected chi connectivity index (χ1v) is 8.92. The Balaban J connectivity index is 0. The van der Waals surface area contributed by atoms with E-state index < -0.39 is 23.9 Å². The quantitative estimate of drug-likeness (QED) is 0.257. The van der Waals surface area contributed by atoms with E-state index in [1.54, 1.807) is 19.6 Å². The summed E-state index contributed by atoms with van der Waals surface area (Å²) in [5.41, 5.74) is 0. The molecule has 1 fully saturated rings. The molecule has 0 atom stereocenters. The van der Waals surface area contributed by atoms with E-state index >= 15 is 0 Å². The molecule has 0 aromatic carbocycles. The molecule has 0 aliphatic carbocycles. The summed E-state index contributed by atoms with van der Waals surface area (Å²) in [5, 5.41) is 36.3. The van der Waals surface area contributed by atoms with E-state index in [-0.39, 0.29) is 72.8 Å². The number of carboxylic acid groups (broad SMARTS) is 4. The molecule has 0 unspecified atom stereocenters. The SMILES string of the molecule is O=C(O)CN1CCN(CC(=O)O)CCN(CC(=O)O)CCN(CC(=O)O)CC1.[Fe].[NaH]. The van der Waals surface area contributed by atoms with Gasteiger partial charge >= 0.3 is 53.4 Å². The van der Waals surface area contributed by atoms with Crippen molar-refractivity contribution in [1.82, 2.24) is 19.6 Å². The van der Waals surface area contributed by atoms with Crippen LogP contribution in [0.15, 0.2) is 0 Å². The Morgan fingerprint density at radius 3 is 0.700 bits per heavy atom. The van der Waals surface area contributed by atoms with Gasteiger partial charge in [-0.25, -0.2) is 0 Å². The molecule has 4 N–H and O–H groups in total. The first-order valence-electron chi connectivity index (χ1n) is 8.92. The molecule has 0 spiro atoms. The first-order chi connectivity index (χ1) is 13.2. The van der Waals surface area contributed by atoms with Crippen LogP contribution in [0.2, 0.25) is 0 Å². The van der Waals surface area contributed by atoms with Gasteiger partial charge in [-0.05, 0) is 0 Å². The van der Waals surface area contributed by atoms with E-state index in [4.69, 9.17) is 20.4 Å². The number of rotatable bonds is 8. The fourth-order valence-corrected chi connectivity index (χ4v) is 2.98. The molecular formula is C16H29FeN4NaO8. The Bertz CT molecular complexity index is 459. The predicted octanol–water partition coefficient (Wildman–Crippen LogP) is -3.10. The van der Waals surface area contributed by atoms with Crippen molar-refractivity contribution < 1.29 is 56.7 Å². The standard InChI is InChI=1S/C16H28N4O8.Fe.Na.H/c21-13(22)9-17-1-2-18(10-14(23)24)5-6-20(12-16(27)28)8-7-19(4-3-17)11-15(25)26;;;/h1-12H2,(H,21,22)(H,23,24)(H,25,26)(H,27,28);;;. The summed E-state index contributed by atoms with van der Waals surface area (Å²) in [6, 6.07) is 0. The number of carboxylic acids is 4. The molecule has 1 aliphatic heterocycles. The molecule has 0 bridgehead atoms. The van der Waals surface area contributed by atoms with E-state index in [0.29, 0.717) is 52.4 Å². The summed E-state index contributed by atoms with van der Waals surface area (Å²) >= 11 is 0. The van der Waals surface area contributed by atoms with Crippen molar-refractivity contribution in [3.05, 3.63) is 0 Å². The Labute approximate surface area is 207 Å². The zero-order chi connectivity index (χ0) is 21.1. The average molecular weight is 484 g/mol. The Hall–Kier alpha value is -0.761. The normalized spacial score (nSPS) is 18.1. The van der Waals surface area contributed by atoms with Gasteiger partial charge in [-0.1, -0.05) is 0 Å². The zero-order valence-corrected chi connectivity index (χ0v) is 17.2. The summed E-state index contributed by atoms with van der Waals surface area (Å²) in [4.78, 5) is 50.9. The fourth-order valence-electron chi connectivity index (χ4n) is 2.98. The van der Waals surface area contributed by atoms with Gasteiger partial charge in [0.05, 0.1) is 26.2 Å². The first kappa shape index (κ1) is 31.4. The molecule has 0 amide bonds. The predicted molar refractivity (Wildman–Crippen MR) is 103 cm³/mol. The minimum atomic E-state index is -1.02. The van der Waals surface area contributed by atoms with Gasteiger partial charge in [-0.2, -0.15) is 0 Å². The topological polar surface area (TPSA) is 162 Å². The molecule has 170 valence electrons. The van der Waals surface area contributed by atoms with Gasteiger partial charge in [0.25, 0.3) is 0 Å². The van der Waals surface area contributed by atoms with Gasteiger partial charge < -0.3 is 20.4 Å². The van der Waals surface area contributed by atoms with Crippen molar-refractivity contribution in [1.29, 1.82) is 0 Å². The summed E-state index contributed by atoms with van der Waals surface area (Å²) in [5.74, 6) is -4.08. The van der Waals surface area contributed by atoms with Crippen molar-refractivity contribution in [3.63, 3.8) is 0 Å². The van der Waals surface area contributed by atoms with Crippen LogP contribution in [-0.2, 0) is 36.2 Å². The van der Waals surface area contributed by atoms with E-state index in [9.17, 15) is 19.2 Å². The van der Waals surface area contributed by atoms with Gasteiger partial charge in [-0.15, -0.1) is 0 Å². The monoisotopic (exact) mass is 484 g/mol. The van der Waals surface area contributed by atoms with E-state index in [1.165, 1.54) is 0 Å². The molecule has 0 aromatic heterocycles. The molecule has 1 aliphatic rings. The van der Waals surface area contributed by atoms with Crippen LogP contribution in [0.4, 0.5) is 0 Å². The molecular weight excluding hydrogens is 455 g/mol. The Morgan fingerprint density at radius 1 is 0.467 bits per heavy atom. The minimum absolute atomic E-state index is 0. The van der Waals surface area contributed by atoms with E-state index in [1.807, 2.05) is 0 Å². The molecule has 12 nitrogen and oxygen atoms in total. The number of carbonyl (C=O) groups is 4. The maximum atomic E-state index is 11.1. The van der Waals surface area contributed by atoms with Gasteiger partial charge in [-0.3, -0.25) is 38.8 Å². The van der Waals surface area contributed by atoms with Crippen molar-refractivity contribution in [2.45, 2.75) is 0 Å². The van der Waals surface area contributed by atoms with Gasteiger partial charge in [0.2, 0.25) is 0 Å². The summed E-state index contributed by atoms with van der Waals surface area (Å²) < 4.78 is 0. The second kappa shape index (κ2) is 16.9. The third kappa shape index (κ3) is 15.1. The van der Waals surface area contributed by atoms with Crippen LogP contribution in [0, 0.1) is 0 Å². The Morgan fingerprint density at radius 2 is 0.600 bits per heavy atom. The molecule has 0 aromatic rings. The molecule has 1 saturated heterocycles. The van der Waals surface area contributed by atoms with Crippen LogP contribution in [0.3, 0.4) is 0 Å². The van der Waals surface area contributed by atoms with E-state index in [2.05, 4.69) is 0 Å². The average Bonchev–Trinajstić information content (AvgIpc) is 2.55. The second-order valence-electron chi connectivity index (χ2n) is 6.68. The van der Waals surface area contributed by atoms with Crippen LogP contribution in [0.25, 0.3) is 0 Å². The summed E-state index contributed by atoms with van der Waals surface area (Å²) in [7, 11) is 0. The van der Waals surface area contributed by atoms with Crippen molar-refractivity contribution in [3.8, 4) is 0 Å². The molecule has 14 heteroatoms. The molecule has 0 saturated carbocycles. The third-order valence-electron chi connectivity index (χ3n) is 4.37. The fraction of sp³-hybridized carbons (Fsp3) is 0.750. The number of aliphatic carboxylic acids is 4. The second-order valence-corrected chi connectivity index (χ2v) is 6.68. The number of hydrogen-bond donors (Lipinski definition) is 4. The zero-order valence-electron chi connectivity index (χ0n) is 16.0. The van der Waals surface area contributed by atoms with Crippen LogP contribution < -0.4 is 0 Å². The van der Waals surface area contributed by atoms with Gasteiger partial charge in [0, 0.05) is 69.4 Å². The van der Waals surface area contributed by atoms with E-state index in [0.717, 1.165) is 0 Å². The third-order valence-corrected chi connectivity index (χ3v) is 4.37. The number of nitrogens with zero attached hydrogens (tertiary/aromatic N) is 4. The number of hydrogen-bond acceptors (Lipinski definition) is 8. The molecule has 0 radical (unpaired) electrons. The van der Waals surface area contributed by atoms with Crippen molar-refractivity contribution in [2.75, 3.05) is 78.5 Å². The van der Waals surface area contributed by atoms with Gasteiger partial charge in [0.15, 0.2) is 0 Å². The van der Waals surface area contributed by atoms with Crippen LogP contribution in [0.1, 0.15) is 0 Å². The Kier molecular flexibility index (Phi) is 17.7. The van der Waals surface area contributed by atoms with Crippen LogP contribution >= 0.6 is 0 Å². The van der Waals surface area contributed by atoms with Crippen LogP contribution in [0.5, 0.6) is 0 Å². The van der Waals surface area contributed by atoms with Gasteiger partial charge in [0.1, 0.15) is 0 Å².